The molecule has 2 N–H and O–H groups in total. The van der Waals surface area contributed by atoms with E-state index >= 15 is 0 Å². The topological polar surface area (TPSA) is 102 Å². The summed E-state index contributed by atoms with van der Waals surface area (Å²) in [6.45, 7) is 0.398. The van der Waals surface area contributed by atoms with Crippen molar-refractivity contribution in [1.82, 2.24) is 4.90 Å². The van der Waals surface area contributed by atoms with E-state index in [2.05, 4.69) is 0 Å². The van der Waals surface area contributed by atoms with Crippen LogP contribution in [0.25, 0.3) is 11.1 Å². The van der Waals surface area contributed by atoms with Crippen molar-refractivity contribution in [2.45, 2.75) is 13.1 Å². The Labute approximate surface area is 131 Å². The summed E-state index contributed by atoms with van der Waals surface area (Å²) in [7, 11) is 0. The minimum absolute atomic E-state index is 0.121. The molecule has 2 aromatic rings. The monoisotopic (exact) mass is 308 g/mol. The number of carboxylic acid groups (broad SMARTS) is 2. The molecule has 0 spiro atoms. The molecule has 0 atom stereocenters. The number of hydrogen-bond donors (Lipinski definition) is 2. The molecule has 0 radical (unpaired) electrons. The predicted molar refractivity (Wildman–Crippen MR) is 80.8 cm³/mol. The van der Waals surface area contributed by atoms with Crippen molar-refractivity contribution < 1.29 is 19.8 Å². The Kier molecular flexibility index (Phi) is 3.47. The Bertz CT molecular complexity index is 850. The summed E-state index contributed by atoms with van der Waals surface area (Å²) < 4.78 is 0. The molecule has 0 saturated heterocycles. The van der Waals surface area contributed by atoms with Gasteiger partial charge in [0.05, 0.1) is 23.7 Å². The average molecular weight is 308 g/mol. The van der Waals surface area contributed by atoms with Gasteiger partial charge >= 0.3 is 12.1 Å². The maximum atomic E-state index is 11.3. The molecule has 6 heteroatoms. The van der Waals surface area contributed by atoms with Crippen LogP contribution in [0.15, 0.2) is 36.4 Å². The SMILES string of the molecule is N#Cc1ccc(-c2cc(C(=O)O)cc3c2CN(C(=O)O)C3)cc1. The van der Waals surface area contributed by atoms with Crippen molar-refractivity contribution in [3.8, 4) is 17.2 Å². The van der Waals surface area contributed by atoms with Crippen molar-refractivity contribution in [1.29, 1.82) is 5.26 Å². The summed E-state index contributed by atoms with van der Waals surface area (Å²) in [6.07, 6.45) is -1.04. The molecule has 23 heavy (non-hydrogen) atoms. The first-order valence-electron chi connectivity index (χ1n) is 6.87. The van der Waals surface area contributed by atoms with Crippen molar-refractivity contribution >= 4 is 12.1 Å². The van der Waals surface area contributed by atoms with E-state index in [9.17, 15) is 14.7 Å². The second-order valence-corrected chi connectivity index (χ2v) is 5.29. The Morgan fingerprint density at radius 2 is 1.78 bits per heavy atom. The van der Waals surface area contributed by atoms with Crippen LogP contribution in [0.2, 0.25) is 0 Å². The van der Waals surface area contributed by atoms with Crippen LogP contribution in [-0.2, 0) is 13.1 Å². The Hall–Kier alpha value is -3.33. The Balaban J connectivity index is 2.14. The number of fused-ring (bicyclic) bond motifs is 1. The van der Waals surface area contributed by atoms with Crippen LogP contribution < -0.4 is 0 Å². The molecule has 0 aromatic heterocycles. The Morgan fingerprint density at radius 3 is 2.35 bits per heavy atom. The van der Waals surface area contributed by atoms with Gasteiger partial charge in [-0.05, 0) is 46.5 Å². The van der Waals surface area contributed by atoms with E-state index in [1.165, 1.54) is 11.0 Å². The van der Waals surface area contributed by atoms with Gasteiger partial charge in [0, 0.05) is 6.54 Å². The van der Waals surface area contributed by atoms with Crippen LogP contribution in [0.1, 0.15) is 27.0 Å². The quantitative estimate of drug-likeness (QED) is 0.888. The lowest BCUT2D eigenvalue weighted by atomic mass is 9.94. The maximum Gasteiger partial charge on any atom is 0.407 e. The number of aromatic carboxylic acids is 1. The summed E-state index contributed by atoms with van der Waals surface area (Å²) in [5, 5.41) is 27.3. The number of hydrogen-bond acceptors (Lipinski definition) is 3. The van der Waals surface area contributed by atoms with Gasteiger partial charge in [0.1, 0.15) is 0 Å². The number of amides is 1. The fraction of sp³-hybridized carbons (Fsp3) is 0.118. The van der Waals surface area contributed by atoms with Gasteiger partial charge in [-0.15, -0.1) is 0 Å². The van der Waals surface area contributed by atoms with E-state index in [0.717, 1.165) is 11.1 Å². The normalized spacial score (nSPS) is 12.6. The lowest BCUT2D eigenvalue weighted by molar-refractivity contribution is 0.0696. The van der Waals surface area contributed by atoms with E-state index < -0.39 is 12.1 Å². The fourth-order valence-corrected chi connectivity index (χ4v) is 2.75. The van der Waals surface area contributed by atoms with Crippen molar-refractivity contribution in [3.63, 3.8) is 0 Å². The molecule has 0 saturated carbocycles. The smallest absolute Gasteiger partial charge is 0.407 e. The standard InChI is InChI=1S/C17H12N2O4/c18-7-10-1-3-11(4-2-10)14-6-12(16(20)21)5-13-8-19(17(22)23)9-15(13)14/h1-6H,8-9H2,(H,20,21)(H,22,23). The summed E-state index contributed by atoms with van der Waals surface area (Å²) in [6, 6.07) is 11.9. The van der Waals surface area contributed by atoms with Crippen LogP contribution in [-0.4, -0.2) is 27.2 Å². The van der Waals surface area contributed by atoms with Gasteiger partial charge in [-0.3, -0.25) is 4.90 Å². The average Bonchev–Trinajstić information content (AvgIpc) is 2.98. The molecule has 0 fully saturated rings. The zero-order valence-corrected chi connectivity index (χ0v) is 12.0. The van der Waals surface area contributed by atoms with E-state index in [1.807, 2.05) is 6.07 Å². The van der Waals surface area contributed by atoms with Gasteiger partial charge in [0.25, 0.3) is 0 Å². The molecule has 0 aliphatic carbocycles. The second kappa shape index (κ2) is 5.46. The Morgan fingerprint density at radius 1 is 1.09 bits per heavy atom. The lowest BCUT2D eigenvalue weighted by Crippen LogP contribution is -2.22. The highest BCUT2D eigenvalue weighted by Crippen LogP contribution is 2.34. The third-order valence-corrected chi connectivity index (χ3v) is 3.89. The minimum atomic E-state index is -1.06. The number of nitrogens with zero attached hydrogens (tertiary/aromatic N) is 2. The summed E-state index contributed by atoms with van der Waals surface area (Å²) in [5.41, 5.74) is 3.58. The molecule has 1 aliphatic heterocycles. The highest BCUT2D eigenvalue weighted by Gasteiger charge is 2.27. The third kappa shape index (κ3) is 2.60. The van der Waals surface area contributed by atoms with Crippen LogP contribution in [0.3, 0.4) is 0 Å². The zero-order chi connectivity index (χ0) is 16.6. The van der Waals surface area contributed by atoms with E-state index in [1.54, 1.807) is 30.3 Å². The first-order valence-corrected chi connectivity index (χ1v) is 6.87. The van der Waals surface area contributed by atoms with Gasteiger partial charge < -0.3 is 10.2 Å². The molecule has 0 unspecified atom stereocenters. The lowest BCUT2D eigenvalue weighted by Gasteiger charge is -2.11. The largest absolute Gasteiger partial charge is 0.478 e. The van der Waals surface area contributed by atoms with Crippen LogP contribution in [0.5, 0.6) is 0 Å². The molecule has 1 amide bonds. The van der Waals surface area contributed by atoms with Gasteiger partial charge in [0.2, 0.25) is 0 Å². The fourth-order valence-electron chi connectivity index (χ4n) is 2.75. The van der Waals surface area contributed by atoms with Crippen LogP contribution in [0.4, 0.5) is 4.79 Å². The molecule has 1 aliphatic rings. The van der Waals surface area contributed by atoms with Crippen LogP contribution in [0, 0.1) is 11.3 Å². The van der Waals surface area contributed by atoms with Crippen molar-refractivity contribution in [3.05, 3.63) is 58.7 Å². The molecule has 0 bridgehead atoms. The van der Waals surface area contributed by atoms with Crippen LogP contribution >= 0.6 is 0 Å². The molecule has 1 heterocycles. The summed E-state index contributed by atoms with van der Waals surface area (Å²) >= 11 is 0. The van der Waals surface area contributed by atoms with Gasteiger partial charge in [0.15, 0.2) is 0 Å². The summed E-state index contributed by atoms with van der Waals surface area (Å²) in [5.74, 6) is -1.06. The number of carbonyl (C=O) groups is 2. The van der Waals surface area contributed by atoms with E-state index in [-0.39, 0.29) is 18.7 Å². The number of rotatable bonds is 2. The second-order valence-electron chi connectivity index (χ2n) is 5.29. The first-order chi connectivity index (χ1) is 11.0. The number of nitriles is 1. The molecule has 2 aromatic carbocycles. The van der Waals surface area contributed by atoms with E-state index in [0.29, 0.717) is 16.7 Å². The highest BCUT2D eigenvalue weighted by molar-refractivity contribution is 5.91. The van der Waals surface area contributed by atoms with Crippen molar-refractivity contribution in [2.24, 2.45) is 0 Å². The molecule has 114 valence electrons. The number of carboxylic acids is 1. The molecule has 3 rings (SSSR count). The first kappa shape index (κ1) is 14.6. The van der Waals surface area contributed by atoms with Crippen molar-refractivity contribution in [2.75, 3.05) is 0 Å². The molecule has 6 nitrogen and oxygen atoms in total. The van der Waals surface area contributed by atoms with Gasteiger partial charge in [-0.2, -0.15) is 5.26 Å². The summed E-state index contributed by atoms with van der Waals surface area (Å²) in [4.78, 5) is 23.8. The predicted octanol–water partition coefficient (Wildman–Crippen LogP) is 2.92. The third-order valence-electron chi connectivity index (χ3n) is 3.89. The maximum absolute atomic E-state index is 11.3. The van der Waals surface area contributed by atoms with E-state index in [4.69, 9.17) is 10.4 Å². The zero-order valence-electron chi connectivity index (χ0n) is 12.0. The molecular formula is C17H12N2O4. The van der Waals surface area contributed by atoms with Gasteiger partial charge in [-0.25, -0.2) is 9.59 Å². The minimum Gasteiger partial charge on any atom is -0.478 e. The molecular weight excluding hydrogens is 296 g/mol. The highest BCUT2D eigenvalue weighted by atomic mass is 16.4. The van der Waals surface area contributed by atoms with Gasteiger partial charge in [-0.1, -0.05) is 12.1 Å². The number of benzene rings is 2.